The first kappa shape index (κ1) is 17.4. The number of anilines is 2. The van der Waals surface area contributed by atoms with Crippen LogP contribution < -0.4 is 10.6 Å². The molecule has 0 spiro atoms. The molecule has 0 aliphatic heterocycles. The molecule has 1 aromatic carbocycles. The van der Waals surface area contributed by atoms with Crippen LogP contribution in [0.5, 0.6) is 0 Å². The molecule has 0 unspecified atom stereocenters. The fourth-order valence-corrected chi connectivity index (χ4v) is 2.05. The van der Waals surface area contributed by atoms with Gasteiger partial charge in [-0.1, -0.05) is 0 Å². The molecule has 2 N–H and O–H groups in total. The van der Waals surface area contributed by atoms with Crippen LogP contribution in [0.1, 0.15) is 19.4 Å². The van der Waals surface area contributed by atoms with Crippen LogP contribution in [-0.4, -0.2) is 30.2 Å². The number of ether oxygens (including phenoxy) is 1. The van der Waals surface area contributed by atoms with Crippen molar-refractivity contribution in [3.05, 3.63) is 48.4 Å². The highest BCUT2D eigenvalue weighted by molar-refractivity contribution is 5.90. The maximum Gasteiger partial charge on any atom is 0.411 e. The van der Waals surface area contributed by atoms with Crippen LogP contribution in [0.4, 0.5) is 21.0 Å². The van der Waals surface area contributed by atoms with Gasteiger partial charge in [-0.2, -0.15) is 0 Å². The van der Waals surface area contributed by atoms with E-state index in [2.05, 4.69) is 10.6 Å². The van der Waals surface area contributed by atoms with E-state index < -0.39 is 6.09 Å². The van der Waals surface area contributed by atoms with E-state index in [4.69, 9.17) is 9.15 Å². The minimum Gasteiger partial charge on any atom is -0.472 e. The zero-order chi connectivity index (χ0) is 17.4. The normalized spacial score (nSPS) is 10.1. The van der Waals surface area contributed by atoms with Crippen LogP contribution in [0.15, 0.2) is 47.3 Å². The van der Waals surface area contributed by atoms with Crippen molar-refractivity contribution in [1.29, 1.82) is 0 Å². The fourth-order valence-electron chi connectivity index (χ4n) is 2.05. The summed E-state index contributed by atoms with van der Waals surface area (Å²) in [5, 5.41) is 5.42. The second-order valence-electron chi connectivity index (χ2n) is 5.00. The number of nitrogens with one attached hydrogen (secondary N) is 2. The third-order valence-corrected chi connectivity index (χ3v) is 3.28. The van der Waals surface area contributed by atoms with Gasteiger partial charge in [0.15, 0.2) is 0 Å². The van der Waals surface area contributed by atoms with Crippen molar-refractivity contribution in [2.24, 2.45) is 0 Å². The average molecular weight is 331 g/mol. The number of hydrogen-bond acceptors (Lipinski definition) is 4. The second kappa shape index (κ2) is 8.61. The van der Waals surface area contributed by atoms with Gasteiger partial charge >= 0.3 is 12.1 Å². The van der Waals surface area contributed by atoms with Crippen LogP contribution in [0.2, 0.25) is 0 Å². The molecule has 0 aliphatic carbocycles. The molecule has 0 saturated carbocycles. The van der Waals surface area contributed by atoms with Gasteiger partial charge in [-0.05, 0) is 44.2 Å². The van der Waals surface area contributed by atoms with Gasteiger partial charge in [-0.25, -0.2) is 9.59 Å². The predicted molar refractivity (Wildman–Crippen MR) is 90.9 cm³/mol. The van der Waals surface area contributed by atoms with Crippen molar-refractivity contribution in [1.82, 2.24) is 4.90 Å². The molecule has 128 valence electrons. The summed E-state index contributed by atoms with van der Waals surface area (Å²) in [6.07, 6.45) is 2.69. The molecule has 24 heavy (non-hydrogen) atoms. The lowest BCUT2D eigenvalue weighted by Crippen LogP contribution is -2.34. The number of urea groups is 1. The number of carbonyl (C=O) groups excluding carboxylic acids is 2. The minimum absolute atomic E-state index is 0.204. The predicted octanol–water partition coefficient (Wildman–Crippen LogP) is 3.90. The summed E-state index contributed by atoms with van der Waals surface area (Å²) in [4.78, 5) is 25.3. The van der Waals surface area contributed by atoms with E-state index >= 15 is 0 Å². The van der Waals surface area contributed by atoms with Gasteiger partial charge in [0.05, 0.1) is 25.7 Å². The molecule has 2 rings (SSSR count). The van der Waals surface area contributed by atoms with Gasteiger partial charge in [0.1, 0.15) is 0 Å². The Labute approximate surface area is 140 Å². The zero-order valence-corrected chi connectivity index (χ0v) is 13.7. The largest absolute Gasteiger partial charge is 0.472 e. The summed E-state index contributed by atoms with van der Waals surface area (Å²) in [5.74, 6) is 0. The van der Waals surface area contributed by atoms with Crippen LogP contribution in [0, 0.1) is 0 Å². The molecule has 1 aromatic heterocycles. The lowest BCUT2D eigenvalue weighted by atomic mass is 10.3. The van der Waals surface area contributed by atoms with E-state index in [1.165, 1.54) is 0 Å². The SMILES string of the molecule is CCOC(=O)Nc1ccc(NC(=O)N(CC)Cc2ccoc2)cc1. The topological polar surface area (TPSA) is 83.8 Å². The van der Waals surface area contributed by atoms with Crippen molar-refractivity contribution in [3.8, 4) is 0 Å². The Hall–Kier alpha value is -2.96. The van der Waals surface area contributed by atoms with Crippen LogP contribution in [0.3, 0.4) is 0 Å². The van der Waals surface area contributed by atoms with E-state index in [1.54, 1.807) is 48.6 Å². The molecule has 0 saturated heterocycles. The van der Waals surface area contributed by atoms with Crippen molar-refractivity contribution in [3.63, 3.8) is 0 Å². The smallest absolute Gasteiger partial charge is 0.411 e. The summed E-state index contributed by atoms with van der Waals surface area (Å²) < 4.78 is 9.82. The van der Waals surface area contributed by atoms with E-state index in [0.29, 0.717) is 31.1 Å². The first-order valence-electron chi connectivity index (χ1n) is 7.73. The molecule has 0 aliphatic rings. The van der Waals surface area contributed by atoms with Gasteiger partial charge in [0, 0.05) is 23.5 Å². The number of benzene rings is 1. The lowest BCUT2D eigenvalue weighted by molar-refractivity contribution is 0.168. The maximum atomic E-state index is 12.3. The number of amides is 3. The number of carbonyl (C=O) groups is 2. The Bertz CT molecular complexity index is 653. The molecule has 2 aromatic rings. The fraction of sp³-hybridized carbons (Fsp3) is 0.294. The van der Waals surface area contributed by atoms with Gasteiger partial charge in [0.25, 0.3) is 0 Å². The Balaban J connectivity index is 1.91. The van der Waals surface area contributed by atoms with Crippen molar-refractivity contribution in [2.75, 3.05) is 23.8 Å². The van der Waals surface area contributed by atoms with Gasteiger partial charge in [0.2, 0.25) is 0 Å². The van der Waals surface area contributed by atoms with E-state index in [9.17, 15) is 9.59 Å². The average Bonchev–Trinajstić information content (AvgIpc) is 3.07. The summed E-state index contributed by atoms with van der Waals surface area (Å²) in [6.45, 7) is 5.00. The molecule has 1 heterocycles. The monoisotopic (exact) mass is 331 g/mol. The molecular formula is C17H21N3O4. The zero-order valence-electron chi connectivity index (χ0n) is 13.7. The van der Waals surface area contributed by atoms with E-state index in [1.807, 2.05) is 13.0 Å². The quantitative estimate of drug-likeness (QED) is 0.841. The van der Waals surface area contributed by atoms with E-state index in [0.717, 1.165) is 5.56 Å². The molecule has 7 nitrogen and oxygen atoms in total. The number of furan rings is 1. The molecule has 0 fully saturated rings. The Morgan fingerprint density at radius 3 is 2.29 bits per heavy atom. The molecule has 3 amide bonds. The maximum absolute atomic E-state index is 12.3. The van der Waals surface area contributed by atoms with Crippen molar-refractivity contribution < 1.29 is 18.7 Å². The molecule has 0 bridgehead atoms. The molecular weight excluding hydrogens is 310 g/mol. The summed E-state index contributed by atoms with van der Waals surface area (Å²) in [5.41, 5.74) is 2.17. The van der Waals surface area contributed by atoms with Gasteiger partial charge < -0.3 is 19.4 Å². The third-order valence-electron chi connectivity index (χ3n) is 3.28. The first-order valence-corrected chi connectivity index (χ1v) is 7.73. The number of rotatable bonds is 6. The Morgan fingerprint density at radius 2 is 1.75 bits per heavy atom. The summed E-state index contributed by atoms with van der Waals surface area (Å²) in [7, 11) is 0. The standard InChI is InChI=1S/C17H21N3O4/c1-3-20(11-13-9-10-23-12-13)16(21)18-14-5-7-15(8-6-14)19-17(22)24-4-2/h5-10,12H,3-4,11H2,1-2H3,(H,18,21)(H,19,22). The van der Waals surface area contributed by atoms with E-state index in [-0.39, 0.29) is 6.03 Å². The van der Waals surface area contributed by atoms with Crippen molar-refractivity contribution >= 4 is 23.5 Å². The first-order chi connectivity index (χ1) is 11.6. The van der Waals surface area contributed by atoms with Crippen LogP contribution >= 0.6 is 0 Å². The highest BCUT2D eigenvalue weighted by atomic mass is 16.5. The highest BCUT2D eigenvalue weighted by Crippen LogP contribution is 2.15. The molecule has 0 radical (unpaired) electrons. The van der Waals surface area contributed by atoms with Gasteiger partial charge in [-0.3, -0.25) is 5.32 Å². The Kier molecular flexibility index (Phi) is 6.24. The number of hydrogen-bond donors (Lipinski definition) is 2. The highest BCUT2D eigenvalue weighted by Gasteiger charge is 2.13. The van der Waals surface area contributed by atoms with Gasteiger partial charge in [-0.15, -0.1) is 0 Å². The van der Waals surface area contributed by atoms with Crippen LogP contribution in [-0.2, 0) is 11.3 Å². The third kappa shape index (κ3) is 5.05. The molecule has 0 atom stereocenters. The van der Waals surface area contributed by atoms with Crippen LogP contribution in [0.25, 0.3) is 0 Å². The summed E-state index contributed by atoms with van der Waals surface area (Å²) >= 11 is 0. The second-order valence-corrected chi connectivity index (χ2v) is 5.00. The summed E-state index contributed by atoms with van der Waals surface area (Å²) in [6, 6.07) is 8.43. The minimum atomic E-state index is -0.508. The number of nitrogens with zero attached hydrogens (tertiary/aromatic N) is 1. The van der Waals surface area contributed by atoms with Crippen molar-refractivity contribution in [2.45, 2.75) is 20.4 Å². The lowest BCUT2D eigenvalue weighted by Gasteiger charge is -2.20. The molecule has 7 heteroatoms. The Morgan fingerprint density at radius 1 is 1.08 bits per heavy atom.